The summed E-state index contributed by atoms with van der Waals surface area (Å²) in [5, 5.41) is 0.526. The van der Waals surface area contributed by atoms with Gasteiger partial charge in [0.25, 0.3) is 11.5 Å². The number of fused-ring (bicyclic) bond motifs is 1. The van der Waals surface area contributed by atoms with Crippen LogP contribution in [0.15, 0.2) is 53.3 Å². The minimum absolute atomic E-state index is 0.171. The molecule has 1 unspecified atom stereocenters. The van der Waals surface area contributed by atoms with Crippen LogP contribution in [-0.2, 0) is 11.2 Å². The molecular formula is C23H25Cl2N3O2. The smallest absolute Gasteiger partial charge is 0.266 e. The Morgan fingerprint density at radius 1 is 1.07 bits per heavy atom. The van der Waals surface area contributed by atoms with Crippen LogP contribution in [0.4, 0.5) is 0 Å². The Morgan fingerprint density at radius 2 is 1.73 bits per heavy atom. The van der Waals surface area contributed by atoms with Crippen LogP contribution in [0.2, 0.25) is 0 Å². The maximum absolute atomic E-state index is 13.5. The Labute approximate surface area is 186 Å². The van der Waals surface area contributed by atoms with E-state index in [0.717, 1.165) is 6.42 Å². The normalized spacial score (nSPS) is 12.3. The van der Waals surface area contributed by atoms with E-state index in [1.165, 1.54) is 5.56 Å². The molecule has 0 saturated heterocycles. The number of amides is 1. The van der Waals surface area contributed by atoms with Crippen LogP contribution in [0.1, 0.15) is 44.6 Å². The Balaban J connectivity index is 2.30. The third kappa shape index (κ3) is 4.23. The van der Waals surface area contributed by atoms with Crippen molar-refractivity contribution < 1.29 is 4.79 Å². The molecule has 7 heteroatoms. The van der Waals surface area contributed by atoms with Crippen molar-refractivity contribution in [1.29, 1.82) is 0 Å². The monoisotopic (exact) mass is 445 g/mol. The molecule has 0 aliphatic carbocycles. The number of para-hydroxylation sites is 1. The van der Waals surface area contributed by atoms with Gasteiger partial charge in [-0.15, -0.1) is 0 Å². The van der Waals surface area contributed by atoms with Gasteiger partial charge in [-0.1, -0.05) is 61.3 Å². The minimum atomic E-state index is -1.18. The van der Waals surface area contributed by atoms with Gasteiger partial charge in [-0.2, -0.15) is 0 Å². The summed E-state index contributed by atoms with van der Waals surface area (Å²) >= 11 is 11.8. The summed E-state index contributed by atoms with van der Waals surface area (Å²) in [7, 11) is 0. The van der Waals surface area contributed by atoms with E-state index in [1.54, 1.807) is 15.5 Å². The van der Waals surface area contributed by atoms with Crippen LogP contribution in [0.5, 0.6) is 0 Å². The van der Waals surface area contributed by atoms with Gasteiger partial charge in [-0.05, 0) is 49.6 Å². The Morgan fingerprint density at radius 3 is 2.30 bits per heavy atom. The van der Waals surface area contributed by atoms with E-state index in [1.807, 2.05) is 56.3 Å². The molecular weight excluding hydrogens is 421 g/mol. The van der Waals surface area contributed by atoms with E-state index in [9.17, 15) is 9.59 Å². The maximum Gasteiger partial charge on any atom is 0.266 e. The van der Waals surface area contributed by atoms with Gasteiger partial charge in [0.1, 0.15) is 5.82 Å². The van der Waals surface area contributed by atoms with E-state index in [2.05, 4.69) is 6.92 Å². The maximum atomic E-state index is 13.5. The van der Waals surface area contributed by atoms with Gasteiger partial charge in [-0.3, -0.25) is 14.2 Å². The molecule has 0 spiro atoms. The number of aromatic nitrogens is 2. The molecule has 1 heterocycles. The van der Waals surface area contributed by atoms with Gasteiger partial charge in [0.05, 0.1) is 22.6 Å². The molecule has 5 nitrogen and oxygen atoms in total. The predicted octanol–water partition coefficient (Wildman–Crippen LogP) is 5.05. The fourth-order valence-corrected chi connectivity index (χ4v) is 3.95. The highest BCUT2D eigenvalue weighted by molar-refractivity contribution is 6.53. The van der Waals surface area contributed by atoms with Crippen molar-refractivity contribution in [3.8, 4) is 5.69 Å². The average Bonchev–Trinajstić information content (AvgIpc) is 2.77. The van der Waals surface area contributed by atoms with E-state index in [0.29, 0.717) is 35.4 Å². The van der Waals surface area contributed by atoms with Crippen molar-refractivity contribution in [3.05, 3.63) is 70.3 Å². The number of carbonyl (C=O) groups is 1. The third-order valence-corrected chi connectivity index (χ3v) is 5.65. The number of hydrogen-bond donors (Lipinski definition) is 0. The highest BCUT2D eigenvalue weighted by atomic mass is 35.5. The predicted molar refractivity (Wildman–Crippen MR) is 123 cm³/mol. The number of halogens is 2. The van der Waals surface area contributed by atoms with Crippen LogP contribution in [-0.4, -0.2) is 31.7 Å². The summed E-state index contributed by atoms with van der Waals surface area (Å²) in [5.74, 6) is 0.0950. The molecule has 0 radical (unpaired) electrons. The Bertz CT molecular complexity index is 1090. The number of rotatable bonds is 7. The Hall–Kier alpha value is -2.37. The third-order valence-electron chi connectivity index (χ3n) is 5.28. The zero-order chi connectivity index (χ0) is 21.8. The van der Waals surface area contributed by atoms with Crippen LogP contribution in [0.3, 0.4) is 0 Å². The van der Waals surface area contributed by atoms with Crippen molar-refractivity contribution in [2.45, 2.75) is 44.5 Å². The fraction of sp³-hybridized carbons (Fsp3) is 0.348. The lowest BCUT2D eigenvalue weighted by Gasteiger charge is -2.31. The van der Waals surface area contributed by atoms with Gasteiger partial charge in [0, 0.05) is 6.54 Å². The number of alkyl halides is 2. The SMILES string of the molecule is CCc1ccc(-n2c(C(CC)N(CC)C(=O)C(Cl)Cl)nc3ccccc3c2=O)cc1. The first kappa shape index (κ1) is 22.3. The van der Waals surface area contributed by atoms with E-state index in [4.69, 9.17) is 28.2 Å². The standard InChI is InChI=1S/C23H25Cl2N3O2/c1-4-15-11-13-16(14-12-15)28-21(19(5-2)27(6-3)23(30)20(24)25)26-18-10-8-7-9-17(18)22(28)29/h7-14,19-20H,4-6H2,1-3H3. The summed E-state index contributed by atoms with van der Waals surface area (Å²) in [6.45, 7) is 6.28. The van der Waals surface area contributed by atoms with E-state index < -0.39 is 16.8 Å². The highest BCUT2D eigenvalue weighted by Crippen LogP contribution is 2.27. The first-order valence-corrected chi connectivity index (χ1v) is 11.0. The van der Waals surface area contributed by atoms with Gasteiger partial charge < -0.3 is 4.90 Å². The number of carbonyl (C=O) groups excluding carboxylic acids is 1. The molecule has 1 aromatic heterocycles. The van der Waals surface area contributed by atoms with E-state index in [-0.39, 0.29) is 5.56 Å². The number of aryl methyl sites for hydroxylation is 1. The lowest BCUT2D eigenvalue weighted by molar-refractivity contribution is -0.131. The Kier molecular flexibility index (Phi) is 7.16. The molecule has 2 aromatic carbocycles. The summed E-state index contributed by atoms with van der Waals surface area (Å²) in [4.78, 5) is 31.4. The van der Waals surface area contributed by atoms with Crippen LogP contribution in [0.25, 0.3) is 16.6 Å². The lowest BCUT2D eigenvalue weighted by atomic mass is 10.1. The van der Waals surface area contributed by atoms with Crippen LogP contribution in [0, 0.1) is 0 Å². The largest absolute Gasteiger partial charge is 0.330 e. The van der Waals surface area contributed by atoms with Crippen LogP contribution >= 0.6 is 23.2 Å². The zero-order valence-electron chi connectivity index (χ0n) is 17.3. The minimum Gasteiger partial charge on any atom is -0.330 e. The highest BCUT2D eigenvalue weighted by Gasteiger charge is 2.30. The van der Waals surface area contributed by atoms with E-state index >= 15 is 0 Å². The molecule has 3 aromatic rings. The molecule has 0 aliphatic rings. The lowest BCUT2D eigenvalue weighted by Crippen LogP contribution is -2.40. The van der Waals surface area contributed by atoms with Crippen LogP contribution < -0.4 is 5.56 Å². The molecule has 0 bridgehead atoms. The molecule has 158 valence electrons. The zero-order valence-corrected chi connectivity index (χ0v) is 18.8. The molecule has 0 aliphatic heterocycles. The topological polar surface area (TPSA) is 55.2 Å². The first-order valence-electron chi connectivity index (χ1n) is 10.1. The summed E-state index contributed by atoms with van der Waals surface area (Å²) in [6, 6.07) is 14.6. The second kappa shape index (κ2) is 9.63. The molecule has 0 N–H and O–H groups in total. The van der Waals surface area contributed by atoms with Gasteiger partial charge in [0.2, 0.25) is 0 Å². The fourth-order valence-electron chi connectivity index (χ4n) is 3.70. The van der Waals surface area contributed by atoms with Crippen molar-refractivity contribution in [2.75, 3.05) is 6.54 Å². The van der Waals surface area contributed by atoms with Crippen molar-refractivity contribution in [1.82, 2.24) is 14.5 Å². The number of hydrogen-bond acceptors (Lipinski definition) is 3. The molecule has 3 rings (SSSR count). The second-order valence-corrected chi connectivity index (χ2v) is 8.09. The second-order valence-electron chi connectivity index (χ2n) is 7.00. The molecule has 0 saturated carbocycles. The summed E-state index contributed by atoms with van der Waals surface area (Å²) in [6.07, 6.45) is 1.46. The molecule has 0 fully saturated rings. The number of benzene rings is 2. The molecule has 1 atom stereocenters. The molecule has 1 amide bonds. The van der Waals surface area contributed by atoms with Crippen molar-refractivity contribution in [2.24, 2.45) is 0 Å². The summed E-state index contributed by atoms with van der Waals surface area (Å²) in [5.41, 5.74) is 2.30. The van der Waals surface area contributed by atoms with Crippen molar-refractivity contribution in [3.63, 3.8) is 0 Å². The quantitative estimate of drug-likeness (QED) is 0.478. The van der Waals surface area contributed by atoms with Gasteiger partial charge >= 0.3 is 0 Å². The van der Waals surface area contributed by atoms with Gasteiger partial charge in [0.15, 0.2) is 4.84 Å². The van der Waals surface area contributed by atoms with Gasteiger partial charge in [-0.25, -0.2) is 4.98 Å². The molecule has 30 heavy (non-hydrogen) atoms. The summed E-state index contributed by atoms with van der Waals surface area (Å²) < 4.78 is 1.60. The average molecular weight is 446 g/mol. The van der Waals surface area contributed by atoms with Crippen molar-refractivity contribution >= 4 is 40.0 Å². The first-order chi connectivity index (χ1) is 14.4. The number of nitrogens with zero attached hydrogens (tertiary/aromatic N) is 3.